The monoisotopic (exact) mass is 235 g/mol. The van der Waals surface area contributed by atoms with Crippen molar-refractivity contribution in [2.45, 2.75) is 20.4 Å². The second kappa shape index (κ2) is 6.21. The summed E-state index contributed by atoms with van der Waals surface area (Å²) in [5.41, 5.74) is 6.47. The molecule has 92 valence electrons. The molecule has 1 rings (SSSR count). The molecule has 0 radical (unpaired) electrons. The fourth-order valence-electron chi connectivity index (χ4n) is 1.66. The van der Waals surface area contributed by atoms with Gasteiger partial charge in [-0.15, -0.1) is 0 Å². The molecule has 1 atom stereocenters. The van der Waals surface area contributed by atoms with Crippen LogP contribution in [0.15, 0.2) is 18.2 Å². The molecule has 0 fully saturated rings. The van der Waals surface area contributed by atoms with E-state index >= 15 is 0 Å². The predicted octanol–water partition coefficient (Wildman–Crippen LogP) is 2.39. The van der Waals surface area contributed by atoms with Crippen LogP contribution in [0.25, 0.3) is 0 Å². The Labute approximate surface area is 102 Å². The van der Waals surface area contributed by atoms with Crippen molar-refractivity contribution in [1.82, 2.24) is 4.90 Å². The van der Waals surface area contributed by atoms with Gasteiger partial charge < -0.3 is 5.73 Å². The average Bonchev–Trinajstić information content (AvgIpc) is 2.32. The van der Waals surface area contributed by atoms with Crippen molar-refractivity contribution in [2.75, 3.05) is 18.8 Å². The van der Waals surface area contributed by atoms with Gasteiger partial charge >= 0.3 is 0 Å². The number of rotatable bonds is 5. The summed E-state index contributed by atoms with van der Waals surface area (Å²) in [6.45, 7) is 6.07. The predicted molar refractivity (Wildman–Crippen MR) is 66.5 cm³/mol. The third kappa shape index (κ3) is 4.04. The minimum atomic E-state index is -0.383. The highest BCUT2D eigenvalue weighted by Gasteiger charge is 2.09. The van der Waals surface area contributed by atoms with Crippen LogP contribution in [-0.2, 0) is 6.54 Å². The van der Waals surface area contributed by atoms with Crippen molar-refractivity contribution in [2.24, 2.45) is 5.92 Å². The smallest absolute Gasteiger partial charge is 0.146 e. The Kier molecular flexibility index (Phi) is 4.92. The molecule has 1 unspecified atom stereocenters. The lowest BCUT2D eigenvalue weighted by atomic mass is 10.1. The highest BCUT2D eigenvalue weighted by Crippen LogP contribution is 2.14. The molecule has 0 heterocycles. The van der Waals surface area contributed by atoms with E-state index in [1.54, 1.807) is 6.07 Å². The van der Waals surface area contributed by atoms with E-state index in [0.29, 0.717) is 13.1 Å². The minimum absolute atomic E-state index is 0.0198. The summed E-state index contributed by atoms with van der Waals surface area (Å²) < 4.78 is 13.3. The number of hydrogen-bond donors (Lipinski definition) is 1. The highest BCUT2D eigenvalue weighted by molar-refractivity contribution is 5.41. The standard InChI is InChI=1S/C13H18FN3/c1-3-17(8-10(2)7-15)9-11-4-5-13(16)12(14)6-11/h4-6,10H,3,8-9,16H2,1-2H3. The number of nitriles is 1. The van der Waals surface area contributed by atoms with E-state index in [9.17, 15) is 4.39 Å². The SMILES string of the molecule is CCN(Cc1ccc(N)c(F)c1)CC(C)C#N. The van der Waals surface area contributed by atoms with E-state index in [-0.39, 0.29) is 17.4 Å². The molecule has 0 saturated carbocycles. The van der Waals surface area contributed by atoms with Crippen molar-refractivity contribution < 1.29 is 4.39 Å². The van der Waals surface area contributed by atoms with Crippen LogP contribution in [0.2, 0.25) is 0 Å². The zero-order valence-corrected chi connectivity index (χ0v) is 10.3. The number of anilines is 1. The van der Waals surface area contributed by atoms with Crippen LogP contribution in [0.3, 0.4) is 0 Å². The molecule has 1 aromatic carbocycles. The first-order valence-electron chi connectivity index (χ1n) is 5.72. The molecule has 0 aliphatic heterocycles. The molecular weight excluding hydrogens is 217 g/mol. The number of hydrogen-bond acceptors (Lipinski definition) is 3. The molecule has 17 heavy (non-hydrogen) atoms. The quantitative estimate of drug-likeness (QED) is 0.797. The average molecular weight is 235 g/mol. The van der Waals surface area contributed by atoms with E-state index in [1.165, 1.54) is 6.07 Å². The molecule has 0 spiro atoms. The number of benzene rings is 1. The third-order valence-corrected chi connectivity index (χ3v) is 2.67. The largest absolute Gasteiger partial charge is 0.396 e. The van der Waals surface area contributed by atoms with Crippen molar-refractivity contribution in [3.8, 4) is 6.07 Å². The minimum Gasteiger partial charge on any atom is -0.396 e. The van der Waals surface area contributed by atoms with Gasteiger partial charge in [-0.25, -0.2) is 4.39 Å². The van der Waals surface area contributed by atoms with Crippen molar-refractivity contribution >= 4 is 5.69 Å². The van der Waals surface area contributed by atoms with Gasteiger partial charge in [0.1, 0.15) is 5.82 Å². The maximum atomic E-state index is 13.3. The molecule has 0 aliphatic carbocycles. The van der Waals surface area contributed by atoms with Gasteiger partial charge in [0.05, 0.1) is 17.7 Å². The van der Waals surface area contributed by atoms with Crippen LogP contribution >= 0.6 is 0 Å². The van der Waals surface area contributed by atoms with Gasteiger partial charge in [0.15, 0.2) is 0 Å². The summed E-state index contributed by atoms with van der Waals surface area (Å²) in [7, 11) is 0. The maximum absolute atomic E-state index is 13.3. The second-order valence-electron chi connectivity index (χ2n) is 4.21. The number of nitrogens with two attached hydrogens (primary N) is 1. The Morgan fingerprint density at radius 2 is 2.24 bits per heavy atom. The molecule has 0 saturated heterocycles. The number of halogens is 1. The van der Waals surface area contributed by atoms with Crippen LogP contribution in [-0.4, -0.2) is 18.0 Å². The molecule has 0 aromatic heterocycles. The zero-order chi connectivity index (χ0) is 12.8. The van der Waals surface area contributed by atoms with Gasteiger partial charge in [-0.1, -0.05) is 13.0 Å². The fourth-order valence-corrected chi connectivity index (χ4v) is 1.66. The van der Waals surface area contributed by atoms with Crippen LogP contribution in [0.1, 0.15) is 19.4 Å². The first-order chi connectivity index (χ1) is 8.06. The van der Waals surface area contributed by atoms with E-state index in [0.717, 1.165) is 12.1 Å². The Morgan fingerprint density at radius 3 is 2.76 bits per heavy atom. The Bertz CT molecular complexity index is 412. The zero-order valence-electron chi connectivity index (χ0n) is 10.3. The van der Waals surface area contributed by atoms with Crippen LogP contribution < -0.4 is 5.73 Å². The molecule has 1 aromatic rings. The molecule has 0 aliphatic rings. The number of nitrogens with zero attached hydrogens (tertiary/aromatic N) is 2. The van der Waals surface area contributed by atoms with Crippen molar-refractivity contribution in [1.29, 1.82) is 5.26 Å². The Hall–Kier alpha value is -1.60. The summed E-state index contributed by atoms with van der Waals surface area (Å²) in [6.07, 6.45) is 0. The van der Waals surface area contributed by atoms with Crippen LogP contribution in [0.5, 0.6) is 0 Å². The van der Waals surface area contributed by atoms with E-state index in [2.05, 4.69) is 11.0 Å². The highest BCUT2D eigenvalue weighted by atomic mass is 19.1. The normalized spacial score (nSPS) is 12.4. The maximum Gasteiger partial charge on any atom is 0.146 e. The molecule has 0 amide bonds. The van der Waals surface area contributed by atoms with E-state index < -0.39 is 0 Å². The molecule has 4 heteroatoms. The number of nitrogen functional groups attached to an aromatic ring is 1. The lowest BCUT2D eigenvalue weighted by Gasteiger charge is -2.21. The van der Waals surface area contributed by atoms with Gasteiger partial charge in [-0.05, 0) is 31.2 Å². The summed E-state index contributed by atoms with van der Waals surface area (Å²) >= 11 is 0. The summed E-state index contributed by atoms with van der Waals surface area (Å²) in [5, 5.41) is 8.77. The van der Waals surface area contributed by atoms with Gasteiger partial charge in [0, 0.05) is 13.1 Å². The van der Waals surface area contributed by atoms with E-state index in [1.807, 2.05) is 19.9 Å². The topological polar surface area (TPSA) is 53.0 Å². The van der Waals surface area contributed by atoms with Gasteiger partial charge in [0.25, 0.3) is 0 Å². The Morgan fingerprint density at radius 1 is 1.53 bits per heavy atom. The fraction of sp³-hybridized carbons (Fsp3) is 0.462. The van der Waals surface area contributed by atoms with Gasteiger partial charge in [-0.3, -0.25) is 4.90 Å². The van der Waals surface area contributed by atoms with Crippen molar-refractivity contribution in [3.63, 3.8) is 0 Å². The molecule has 2 N–H and O–H groups in total. The third-order valence-electron chi connectivity index (χ3n) is 2.67. The first-order valence-corrected chi connectivity index (χ1v) is 5.72. The van der Waals surface area contributed by atoms with Crippen molar-refractivity contribution in [3.05, 3.63) is 29.6 Å². The summed E-state index contributed by atoms with van der Waals surface area (Å²) in [5.74, 6) is -0.402. The molecular formula is C13H18FN3. The van der Waals surface area contributed by atoms with Crippen LogP contribution in [0.4, 0.5) is 10.1 Å². The first kappa shape index (κ1) is 13.5. The van der Waals surface area contributed by atoms with Crippen LogP contribution in [0, 0.1) is 23.1 Å². The van der Waals surface area contributed by atoms with Gasteiger partial charge in [0.2, 0.25) is 0 Å². The lowest BCUT2D eigenvalue weighted by molar-refractivity contribution is 0.260. The van der Waals surface area contributed by atoms with Gasteiger partial charge in [-0.2, -0.15) is 5.26 Å². The summed E-state index contributed by atoms with van der Waals surface area (Å²) in [6, 6.07) is 7.05. The molecule has 3 nitrogen and oxygen atoms in total. The summed E-state index contributed by atoms with van der Waals surface area (Å²) in [4.78, 5) is 2.11. The second-order valence-corrected chi connectivity index (χ2v) is 4.21. The van der Waals surface area contributed by atoms with E-state index in [4.69, 9.17) is 11.0 Å². The lowest BCUT2D eigenvalue weighted by Crippen LogP contribution is -2.27. The Balaban J connectivity index is 2.67. The molecule has 0 bridgehead atoms.